The van der Waals surface area contributed by atoms with Gasteiger partial charge in [0.15, 0.2) is 0 Å². The summed E-state index contributed by atoms with van der Waals surface area (Å²) < 4.78 is 0. The van der Waals surface area contributed by atoms with Gasteiger partial charge in [-0.05, 0) is 37.6 Å². The Bertz CT molecular complexity index is 613. The number of carbonyl (C=O) groups excluding carboxylic acids is 1. The molecule has 1 aromatic carbocycles. The topological polar surface area (TPSA) is 54.0 Å². The third kappa shape index (κ3) is 4.20. The van der Waals surface area contributed by atoms with Gasteiger partial charge in [0.2, 0.25) is 0 Å². The largest absolute Gasteiger partial charge is 0.381 e. The Labute approximate surface area is 129 Å². The predicted octanol–water partition coefficient (Wildman–Crippen LogP) is 4.20. The lowest BCUT2D eigenvalue weighted by Crippen LogP contribution is -2.15. The van der Waals surface area contributed by atoms with Gasteiger partial charge in [-0.2, -0.15) is 0 Å². The van der Waals surface area contributed by atoms with Crippen LogP contribution in [0.2, 0.25) is 5.02 Å². The standard InChI is InChI=1S/C16H18ClN3O/c1-3-11(2)19-12-8-9-15(18-10-12)20-16(21)13-6-4-5-7-14(13)17/h4-11,19H,3H2,1-2H3,(H,18,20,21). The van der Waals surface area contributed by atoms with E-state index in [1.807, 2.05) is 6.07 Å². The van der Waals surface area contributed by atoms with Gasteiger partial charge in [0, 0.05) is 6.04 Å². The summed E-state index contributed by atoms with van der Waals surface area (Å²) in [6, 6.07) is 11.0. The van der Waals surface area contributed by atoms with Crippen molar-refractivity contribution < 1.29 is 4.79 Å². The summed E-state index contributed by atoms with van der Waals surface area (Å²) in [5.74, 6) is 0.227. The van der Waals surface area contributed by atoms with Crippen molar-refractivity contribution in [1.82, 2.24) is 4.98 Å². The molecular formula is C16H18ClN3O. The zero-order valence-electron chi connectivity index (χ0n) is 12.1. The number of halogens is 1. The molecule has 0 aliphatic heterocycles. The van der Waals surface area contributed by atoms with Crippen molar-refractivity contribution in [3.8, 4) is 0 Å². The quantitative estimate of drug-likeness (QED) is 0.870. The zero-order valence-corrected chi connectivity index (χ0v) is 12.8. The van der Waals surface area contributed by atoms with Crippen molar-refractivity contribution in [3.63, 3.8) is 0 Å². The number of nitrogens with one attached hydrogen (secondary N) is 2. The van der Waals surface area contributed by atoms with Crippen LogP contribution in [0.4, 0.5) is 11.5 Å². The molecule has 4 nitrogen and oxygen atoms in total. The van der Waals surface area contributed by atoms with Crippen LogP contribution >= 0.6 is 11.6 Å². The molecule has 1 heterocycles. The normalized spacial score (nSPS) is 11.8. The lowest BCUT2D eigenvalue weighted by Gasteiger charge is -2.13. The smallest absolute Gasteiger partial charge is 0.258 e. The summed E-state index contributed by atoms with van der Waals surface area (Å²) in [5.41, 5.74) is 1.36. The van der Waals surface area contributed by atoms with Gasteiger partial charge >= 0.3 is 0 Å². The van der Waals surface area contributed by atoms with Crippen molar-refractivity contribution in [1.29, 1.82) is 0 Å². The number of aromatic nitrogens is 1. The molecule has 2 N–H and O–H groups in total. The van der Waals surface area contributed by atoms with Crippen molar-refractivity contribution in [2.24, 2.45) is 0 Å². The van der Waals surface area contributed by atoms with E-state index >= 15 is 0 Å². The van der Waals surface area contributed by atoms with E-state index < -0.39 is 0 Å². The first-order chi connectivity index (χ1) is 10.1. The summed E-state index contributed by atoms with van der Waals surface area (Å²) in [5, 5.41) is 6.47. The van der Waals surface area contributed by atoms with Gasteiger partial charge in [0.1, 0.15) is 5.82 Å². The Hall–Kier alpha value is -2.07. The minimum absolute atomic E-state index is 0.268. The van der Waals surface area contributed by atoms with Gasteiger partial charge in [-0.3, -0.25) is 4.79 Å². The first kappa shape index (κ1) is 15.3. The van der Waals surface area contributed by atoms with E-state index in [9.17, 15) is 4.79 Å². The lowest BCUT2D eigenvalue weighted by atomic mass is 10.2. The van der Waals surface area contributed by atoms with Crippen molar-refractivity contribution in [2.75, 3.05) is 10.6 Å². The molecule has 5 heteroatoms. The second-order valence-electron chi connectivity index (χ2n) is 4.82. The van der Waals surface area contributed by atoms with Crippen LogP contribution in [0.15, 0.2) is 42.6 Å². The number of nitrogens with zero attached hydrogens (tertiary/aromatic N) is 1. The highest BCUT2D eigenvalue weighted by molar-refractivity contribution is 6.34. The minimum atomic E-state index is -0.268. The van der Waals surface area contributed by atoms with E-state index in [1.165, 1.54) is 0 Å². The molecule has 0 aliphatic rings. The number of amides is 1. The number of anilines is 2. The van der Waals surface area contributed by atoms with Crippen LogP contribution in [0.1, 0.15) is 30.6 Å². The third-order valence-corrected chi connectivity index (χ3v) is 3.48. The maximum Gasteiger partial charge on any atom is 0.258 e. The van der Waals surface area contributed by atoms with Crippen molar-refractivity contribution in [2.45, 2.75) is 26.3 Å². The maximum absolute atomic E-state index is 12.1. The maximum atomic E-state index is 12.1. The van der Waals surface area contributed by atoms with Crippen LogP contribution in [-0.4, -0.2) is 16.9 Å². The Kier molecular flexibility index (Phi) is 5.17. The van der Waals surface area contributed by atoms with E-state index in [-0.39, 0.29) is 5.91 Å². The monoisotopic (exact) mass is 303 g/mol. The molecule has 21 heavy (non-hydrogen) atoms. The van der Waals surface area contributed by atoms with E-state index in [0.29, 0.717) is 22.4 Å². The number of benzene rings is 1. The van der Waals surface area contributed by atoms with Crippen LogP contribution in [0.3, 0.4) is 0 Å². The van der Waals surface area contributed by atoms with Gasteiger partial charge in [0.05, 0.1) is 22.5 Å². The molecule has 0 radical (unpaired) electrons. The third-order valence-electron chi connectivity index (χ3n) is 3.15. The molecule has 0 fully saturated rings. The van der Waals surface area contributed by atoms with Crippen molar-refractivity contribution in [3.05, 3.63) is 53.2 Å². The first-order valence-corrected chi connectivity index (χ1v) is 7.26. The van der Waals surface area contributed by atoms with E-state index in [2.05, 4.69) is 29.5 Å². The second-order valence-corrected chi connectivity index (χ2v) is 5.23. The molecule has 0 spiro atoms. The van der Waals surface area contributed by atoms with Crippen LogP contribution < -0.4 is 10.6 Å². The SMILES string of the molecule is CCC(C)Nc1ccc(NC(=O)c2ccccc2Cl)nc1. The molecule has 0 bridgehead atoms. The number of hydrogen-bond acceptors (Lipinski definition) is 3. The molecule has 0 saturated heterocycles. The highest BCUT2D eigenvalue weighted by Gasteiger charge is 2.10. The zero-order chi connectivity index (χ0) is 15.2. The Morgan fingerprint density at radius 2 is 2.05 bits per heavy atom. The van der Waals surface area contributed by atoms with Crippen molar-refractivity contribution >= 4 is 29.0 Å². The molecule has 0 aliphatic carbocycles. The molecule has 1 atom stereocenters. The summed E-state index contributed by atoms with van der Waals surface area (Å²) in [4.78, 5) is 16.3. The molecule has 1 amide bonds. The minimum Gasteiger partial charge on any atom is -0.381 e. The number of pyridine rings is 1. The van der Waals surface area contributed by atoms with Crippen LogP contribution in [0.25, 0.3) is 0 Å². The van der Waals surface area contributed by atoms with Crippen LogP contribution in [0.5, 0.6) is 0 Å². The molecule has 110 valence electrons. The molecule has 2 rings (SSSR count). The Balaban J connectivity index is 2.03. The average molecular weight is 304 g/mol. The Morgan fingerprint density at radius 1 is 1.29 bits per heavy atom. The number of hydrogen-bond donors (Lipinski definition) is 2. The summed E-state index contributed by atoms with van der Waals surface area (Å²) in [7, 11) is 0. The molecule has 2 aromatic rings. The van der Waals surface area contributed by atoms with Gasteiger partial charge in [-0.1, -0.05) is 30.7 Å². The van der Waals surface area contributed by atoms with Crippen LogP contribution in [0, 0.1) is 0 Å². The predicted molar refractivity (Wildman–Crippen MR) is 87.0 cm³/mol. The Morgan fingerprint density at radius 3 is 2.67 bits per heavy atom. The van der Waals surface area contributed by atoms with Gasteiger partial charge in [-0.15, -0.1) is 0 Å². The fraction of sp³-hybridized carbons (Fsp3) is 0.250. The summed E-state index contributed by atoms with van der Waals surface area (Å²) in [6.07, 6.45) is 2.74. The first-order valence-electron chi connectivity index (χ1n) is 6.88. The van der Waals surface area contributed by atoms with Crippen LogP contribution in [-0.2, 0) is 0 Å². The molecular weight excluding hydrogens is 286 g/mol. The van der Waals surface area contributed by atoms with Gasteiger partial charge in [0.25, 0.3) is 5.91 Å². The second kappa shape index (κ2) is 7.09. The lowest BCUT2D eigenvalue weighted by molar-refractivity contribution is 0.102. The molecule has 1 aromatic heterocycles. The fourth-order valence-electron chi connectivity index (χ4n) is 1.77. The van der Waals surface area contributed by atoms with E-state index in [4.69, 9.17) is 11.6 Å². The van der Waals surface area contributed by atoms with E-state index in [1.54, 1.807) is 36.5 Å². The summed E-state index contributed by atoms with van der Waals surface area (Å²) >= 11 is 5.99. The van der Waals surface area contributed by atoms with E-state index in [0.717, 1.165) is 12.1 Å². The van der Waals surface area contributed by atoms with Gasteiger partial charge < -0.3 is 10.6 Å². The number of rotatable bonds is 5. The highest BCUT2D eigenvalue weighted by Crippen LogP contribution is 2.17. The molecule has 0 saturated carbocycles. The number of carbonyl (C=O) groups is 1. The highest BCUT2D eigenvalue weighted by atomic mass is 35.5. The summed E-state index contributed by atoms with van der Waals surface area (Å²) in [6.45, 7) is 4.22. The molecule has 1 unspecified atom stereocenters. The van der Waals surface area contributed by atoms with Gasteiger partial charge in [-0.25, -0.2) is 4.98 Å². The average Bonchev–Trinajstić information content (AvgIpc) is 2.49. The fourth-order valence-corrected chi connectivity index (χ4v) is 1.99.